The zero-order chi connectivity index (χ0) is 20.0. The highest BCUT2D eigenvalue weighted by atomic mass is 16.5. The van der Waals surface area contributed by atoms with Crippen LogP contribution in [0.2, 0.25) is 0 Å². The highest BCUT2D eigenvalue weighted by Gasteiger charge is 2.35. The van der Waals surface area contributed by atoms with Crippen LogP contribution in [0, 0.1) is 5.92 Å². The molecule has 0 aliphatic carbocycles. The van der Waals surface area contributed by atoms with Gasteiger partial charge in [0, 0.05) is 30.9 Å². The van der Waals surface area contributed by atoms with Crippen molar-refractivity contribution >= 4 is 5.91 Å². The molecule has 2 heterocycles. The van der Waals surface area contributed by atoms with Crippen LogP contribution in [0.4, 0.5) is 0 Å². The Labute approximate surface area is 167 Å². The van der Waals surface area contributed by atoms with Crippen molar-refractivity contribution in [2.24, 2.45) is 5.92 Å². The summed E-state index contributed by atoms with van der Waals surface area (Å²) >= 11 is 0. The Hall–Kier alpha value is -2.34. The maximum absolute atomic E-state index is 12.7. The van der Waals surface area contributed by atoms with E-state index in [-0.39, 0.29) is 11.3 Å². The molecule has 28 heavy (non-hydrogen) atoms. The van der Waals surface area contributed by atoms with Gasteiger partial charge in [0.2, 0.25) is 0 Å². The van der Waals surface area contributed by atoms with Gasteiger partial charge < -0.3 is 14.8 Å². The second-order valence-electron chi connectivity index (χ2n) is 7.91. The molecule has 0 radical (unpaired) electrons. The van der Waals surface area contributed by atoms with Crippen molar-refractivity contribution in [2.75, 3.05) is 26.4 Å². The maximum atomic E-state index is 12.7. The summed E-state index contributed by atoms with van der Waals surface area (Å²) in [5.74, 6) is 1.25. The van der Waals surface area contributed by atoms with E-state index in [1.807, 2.05) is 25.1 Å². The number of hydrogen-bond acceptors (Lipinski definition) is 4. The molecule has 1 aliphatic rings. The molecule has 0 unspecified atom stereocenters. The second-order valence-corrected chi connectivity index (χ2v) is 7.91. The van der Waals surface area contributed by atoms with Gasteiger partial charge >= 0.3 is 0 Å². The lowest BCUT2D eigenvalue weighted by molar-refractivity contribution is 0.0486. The first-order valence-corrected chi connectivity index (χ1v) is 10.2. The summed E-state index contributed by atoms with van der Waals surface area (Å²) in [7, 11) is 0. The van der Waals surface area contributed by atoms with Crippen molar-refractivity contribution < 1.29 is 14.3 Å². The molecule has 1 aliphatic heterocycles. The fourth-order valence-electron chi connectivity index (χ4n) is 3.76. The number of nitrogens with zero attached hydrogens (tertiary/aromatic N) is 1. The van der Waals surface area contributed by atoms with E-state index in [1.165, 1.54) is 5.56 Å². The van der Waals surface area contributed by atoms with Crippen LogP contribution in [-0.4, -0.2) is 42.5 Å². The van der Waals surface area contributed by atoms with Crippen molar-refractivity contribution in [3.63, 3.8) is 0 Å². The summed E-state index contributed by atoms with van der Waals surface area (Å²) in [6, 6.07) is 10.1. The molecular weight excluding hydrogens is 354 g/mol. The van der Waals surface area contributed by atoms with E-state index in [0.29, 0.717) is 38.0 Å². The number of rotatable bonds is 8. The largest absolute Gasteiger partial charge is 0.494 e. The van der Waals surface area contributed by atoms with Crippen LogP contribution in [-0.2, 0) is 16.6 Å². The Bertz CT molecular complexity index is 762. The van der Waals surface area contributed by atoms with E-state index in [4.69, 9.17) is 9.47 Å². The smallest absolute Gasteiger partial charge is 0.271 e. The number of carbonyl (C=O) groups is 1. The van der Waals surface area contributed by atoms with Crippen LogP contribution in [0.5, 0.6) is 5.75 Å². The number of amides is 1. The molecule has 1 amide bonds. The molecular formula is C22H31N3O3. The maximum Gasteiger partial charge on any atom is 0.271 e. The summed E-state index contributed by atoms with van der Waals surface area (Å²) in [4.78, 5) is 12.7. The summed E-state index contributed by atoms with van der Waals surface area (Å²) in [5, 5.41) is 10.3. The molecule has 6 nitrogen and oxygen atoms in total. The third-order valence-corrected chi connectivity index (χ3v) is 5.31. The molecule has 1 aromatic heterocycles. The SMILES string of the molecule is CCOc1ccc(C2(CNC(=O)c3cc(CC(C)C)[nH]n3)CCOCC2)cc1. The van der Waals surface area contributed by atoms with Gasteiger partial charge in [-0.2, -0.15) is 5.10 Å². The monoisotopic (exact) mass is 385 g/mol. The van der Waals surface area contributed by atoms with Crippen molar-refractivity contribution in [3.05, 3.63) is 47.3 Å². The third kappa shape index (κ3) is 4.93. The van der Waals surface area contributed by atoms with E-state index >= 15 is 0 Å². The standard InChI is InChI=1S/C22H31N3O3/c1-4-28-19-7-5-17(6-8-19)22(9-11-27-12-10-22)15-23-21(26)20-14-18(24-25-20)13-16(2)3/h5-8,14,16H,4,9-13,15H2,1-3H3,(H,23,26)(H,24,25). The minimum atomic E-state index is -0.136. The Balaban J connectivity index is 1.70. The summed E-state index contributed by atoms with van der Waals surface area (Å²) in [6.07, 6.45) is 2.63. The van der Waals surface area contributed by atoms with Gasteiger partial charge in [0.15, 0.2) is 0 Å². The number of aromatic amines is 1. The summed E-state index contributed by atoms with van der Waals surface area (Å²) in [5.41, 5.74) is 2.52. The number of H-pyrrole nitrogens is 1. The molecule has 3 rings (SSSR count). The van der Waals surface area contributed by atoms with Crippen LogP contribution in [0.1, 0.15) is 55.4 Å². The molecule has 152 valence electrons. The van der Waals surface area contributed by atoms with Gasteiger partial charge in [-0.25, -0.2) is 0 Å². The van der Waals surface area contributed by atoms with Crippen molar-refractivity contribution in [1.29, 1.82) is 0 Å². The second kappa shape index (κ2) is 9.24. The zero-order valence-electron chi connectivity index (χ0n) is 17.1. The molecule has 6 heteroatoms. The van der Waals surface area contributed by atoms with Crippen LogP contribution in [0.25, 0.3) is 0 Å². The first-order valence-electron chi connectivity index (χ1n) is 10.2. The van der Waals surface area contributed by atoms with Crippen LogP contribution in [0.15, 0.2) is 30.3 Å². The molecule has 2 N–H and O–H groups in total. The van der Waals surface area contributed by atoms with Gasteiger partial charge in [0.05, 0.1) is 6.61 Å². The minimum Gasteiger partial charge on any atom is -0.494 e. The average Bonchev–Trinajstić information content (AvgIpc) is 3.15. The van der Waals surface area contributed by atoms with Crippen molar-refractivity contribution in [2.45, 2.75) is 45.4 Å². The number of nitrogens with one attached hydrogen (secondary N) is 2. The molecule has 2 aromatic rings. The van der Waals surface area contributed by atoms with Crippen molar-refractivity contribution in [1.82, 2.24) is 15.5 Å². The van der Waals surface area contributed by atoms with Crippen LogP contribution in [0.3, 0.4) is 0 Å². The summed E-state index contributed by atoms with van der Waals surface area (Å²) < 4.78 is 11.1. The molecule has 0 atom stereocenters. The zero-order valence-corrected chi connectivity index (χ0v) is 17.1. The van der Waals surface area contributed by atoms with E-state index in [1.54, 1.807) is 0 Å². The topological polar surface area (TPSA) is 76.2 Å². The van der Waals surface area contributed by atoms with E-state index in [9.17, 15) is 4.79 Å². The highest BCUT2D eigenvalue weighted by Crippen LogP contribution is 2.35. The number of ether oxygens (including phenoxy) is 2. The molecule has 1 saturated heterocycles. The Kier molecular flexibility index (Phi) is 6.73. The Morgan fingerprint density at radius 3 is 2.64 bits per heavy atom. The van der Waals surface area contributed by atoms with E-state index in [0.717, 1.165) is 30.7 Å². The van der Waals surface area contributed by atoms with E-state index in [2.05, 4.69) is 41.5 Å². The van der Waals surface area contributed by atoms with Gasteiger partial charge in [0.1, 0.15) is 11.4 Å². The molecule has 1 aromatic carbocycles. The van der Waals surface area contributed by atoms with Crippen LogP contribution >= 0.6 is 0 Å². The van der Waals surface area contributed by atoms with Gasteiger partial charge in [-0.15, -0.1) is 0 Å². The van der Waals surface area contributed by atoms with Crippen LogP contribution < -0.4 is 10.1 Å². The first kappa shape index (κ1) is 20.4. The first-order chi connectivity index (χ1) is 13.5. The molecule has 0 spiro atoms. The lowest BCUT2D eigenvalue weighted by Gasteiger charge is -2.38. The number of benzene rings is 1. The predicted octanol–water partition coefficient (Wildman–Crippen LogP) is 3.49. The Morgan fingerprint density at radius 2 is 2.00 bits per heavy atom. The molecule has 0 bridgehead atoms. The predicted molar refractivity (Wildman–Crippen MR) is 109 cm³/mol. The molecule has 1 fully saturated rings. The lowest BCUT2D eigenvalue weighted by Crippen LogP contribution is -2.44. The van der Waals surface area contributed by atoms with Gasteiger partial charge in [-0.05, 0) is 55.9 Å². The summed E-state index contributed by atoms with van der Waals surface area (Å²) in [6.45, 7) is 8.88. The lowest BCUT2D eigenvalue weighted by atomic mass is 9.74. The normalized spacial score (nSPS) is 16.1. The fourth-order valence-corrected chi connectivity index (χ4v) is 3.76. The van der Waals surface area contributed by atoms with Crippen molar-refractivity contribution in [3.8, 4) is 5.75 Å². The third-order valence-electron chi connectivity index (χ3n) is 5.31. The average molecular weight is 386 g/mol. The van der Waals surface area contributed by atoms with Gasteiger partial charge in [-0.3, -0.25) is 9.89 Å². The van der Waals surface area contributed by atoms with E-state index < -0.39 is 0 Å². The minimum absolute atomic E-state index is 0.129. The fraction of sp³-hybridized carbons (Fsp3) is 0.545. The number of hydrogen-bond donors (Lipinski definition) is 2. The number of carbonyl (C=O) groups excluding carboxylic acids is 1. The van der Waals surface area contributed by atoms with Gasteiger partial charge in [-0.1, -0.05) is 26.0 Å². The number of aromatic nitrogens is 2. The Morgan fingerprint density at radius 1 is 1.29 bits per heavy atom. The molecule has 0 saturated carbocycles. The van der Waals surface area contributed by atoms with Gasteiger partial charge in [0.25, 0.3) is 5.91 Å². The quantitative estimate of drug-likeness (QED) is 0.729. The highest BCUT2D eigenvalue weighted by molar-refractivity contribution is 5.92.